The Hall–Kier alpha value is -2.30. The number of carboxylic acids is 1. The minimum atomic E-state index is -0.891. The molecule has 5 nitrogen and oxygen atoms in total. The van der Waals surface area contributed by atoms with Crippen molar-refractivity contribution in [3.8, 4) is 0 Å². The van der Waals surface area contributed by atoms with Crippen LogP contribution in [0.1, 0.15) is 30.3 Å². The molecule has 21 heavy (non-hydrogen) atoms. The van der Waals surface area contributed by atoms with E-state index in [9.17, 15) is 9.59 Å². The van der Waals surface area contributed by atoms with Crippen molar-refractivity contribution in [1.29, 1.82) is 0 Å². The lowest BCUT2D eigenvalue weighted by atomic mass is 10.1. The second-order valence-corrected chi connectivity index (χ2v) is 5.58. The quantitative estimate of drug-likeness (QED) is 0.918. The zero-order valence-electron chi connectivity index (χ0n) is 11.8. The Morgan fingerprint density at radius 1 is 1.38 bits per heavy atom. The molecule has 0 radical (unpaired) electrons. The van der Waals surface area contributed by atoms with Crippen molar-refractivity contribution < 1.29 is 19.1 Å². The molecule has 1 amide bonds. The largest absolute Gasteiger partial charge is 0.481 e. The zero-order valence-corrected chi connectivity index (χ0v) is 11.8. The van der Waals surface area contributed by atoms with E-state index >= 15 is 0 Å². The van der Waals surface area contributed by atoms with Gasteiger partial charge in [-0.15, -0.1) is 0 Å². The van der Waals surface area contributed by atoms with E-state index in [-0.39, 0.29) is 24.3 Å². The van der Waals surface area contributed by atoms with Crippen LogP contribution in [-0.4, -0.2) is 34.5 Å². The topological polar surface area (TPSA) is 70.8 Å². The Kier molecular flexibility index (Phi) is 3.41. The van der Waals surface area contributed by atoms with Crippen LogP contribution in [-0.2, 0) is 4.79 Å². The molecule has 1 aromatic heterocycles. The van der Waals surface area contributed by atoms with Crippen LogP contribution in [0.2, 0.25) is 0 Å². The number of carbonyl (C=O) groups is 2. The maximum Gasteiger partial charge on any atom is 0.308 e. The molecule has 3 rings (SSSR count). The molecule has 1 aromatic carbocycles. The summed E-state index contributed by atoms with van der Waals surface area (Å²) in [6.07, 6.45) is 1.86. The van der Waals surface area contributed by atoms with E-state index in [0.29, 0.717) is 5.58 Å². The summed E-state index contributed by atoms with van der Waals surface area (Å²) >= 11 is 0. The van der Waals surface area contributed by atoms with Gasteiger partial charge in [0.05, 0.1) is 5.92 Å². The predicted octanol–water partition coefficient (Wildman–Crippen LogP) is 2.76. The third-order valence-electron chi connectivity index (χ3n) is 3.78. The molecular formula is C16H17NO4. The zero-order chi connectivity index (χ0) is 15.0. The lowest BCUT2D eigenvalue weighted by Crippen LogP contribution is -2.38. The van der Waals surface area contributed by atoms with Crippen LogP contribution in [0, 0.1) is 5.92 Å². The van der Waals surface area contributed by atoms with Crippen LogP contribution >= 0.6 is 0 Å². The van der Waals surface area contributed by atoms with Gasteiger partial charge in [-0.1, -0.05) is 25.1 Å². The molecule has 1 heterocycles. The molecule has 0 aliphatic heterocycles. The number of hydrogen-bond acceptors (Lipinski definition) is 3. The number of hydrogen-bond donors (Lipinski definition) is 1. The molecule has 0 bridgehead atoms. The second-order valence-electron chi connectivity index (χ2n) is 5.58. The smallest absolute Gasteiger partial charge is 0.308 e. The van der Waals surface area contributed by atoms with E-state index in [1.165, 1.54) is 0 Å². The van der Waals surface area contributed by atoms with E-state index in [4.69, 9.17) is 9.52 Å². The highest BCUT2D eigenvalue weighted by atomic mass is 16.4. The van der Waals surface area contributed by atoms with E-state index in [1.807, 2.05) is 24.3 Å². The van der Waals surface area contributed by atoms with Crippen molar-refractivity contribution in [2.24, 2.45) is 5.92 Å². The van der Waals surface area contributed by atoms with E-state index in [0.717, 1.165) is 18.2 Å². The van der Waals surface area contributed by atoms with Crippen molar-refractivity contribution in [2.75, 3.05) is 6.54 Å². The number of para-hydroxylation sites is 1. The average Bonchev–Trinajstić information content (AvgIpc) is 3.21. The molecule has 1 atom stereocenters. The molecule has 2 aromatic rings. The first-order valence-corrected chi connectivity index (χ1v) is 7.08. The van der Waals surface area contributed by atoms with E-state index in [2.05, 4.69) is 0 Å². The van der Waals surface area contributed by atoms with Gasteiger partial charge in [0.25, 0.3) is 5.91 Å². The van der Waals surface area contributed by atoms with Gasteiger partial charge in [0.15, 0.2) is 5.76 Å². The molecule has 1 unspecified atom stereocenters. The monoisotopic (exact) mass is 287 g/mol. The number of nitrogens with zero attached hydrogens (tertiary/aromatic N) is 1. The lowest BCUT2D eigenvalue weighted by Gasteiger charge is -2.23. The van der Waals surface area contributed by atoms with Crippen molar-refractivity contribution in [1.82, 2.24) is 4.90 Å². The number of carbonyl (C=O) groups excluding carboxylic acids is 1. The van der Waals surface area contributed by atoms with Gasteiger partial charge in [0.1, 0.15) is 5.58 Å². The fourth-order valence-electron chi connectivity index (χ4n) is 2.39. The molecule has 1 fully saturated rings. The van der Waals surface area contributed by atoms with Crippen molar-refractivity contribution in [3.63, 3.8) is 0 Å². The summed E-state index contributed by atoms with van der Waals surface area (Å²) in [5.41, 5.74) is 0.669. The number of furan rings is 1. The van der Waals surface area contributed by atoms with Crippen LogP contribution in [0.5, 0.6) is 0 Å². The molecule has 0 spiro atoms. The minimum absolute atomic E-state index is 0.146. The van der Waals surface area contributed by atoms with Crippen LogP contribution in [0.3, 0.4) is 0 Å². The molecule has 0 saturated heterocycles. The van der Waals surface area contributed by atoms with E-state index in [1.54, 1.807) is 17.9 Å². The third kappa shape index (κ3) is 2.77. The summed E-state index contributed by atoms with van der Waals surface area (Å²) in [6.45, 7) is 1.83. The van der Waals surface area contributed by atoms with Crippen LogP contribution in [0.4, 0.5) is 0 Å². The maximum absolute atomic E-state index is 12.6. The summed E-state index contributed by atoms with van der Waals surface area (Å²) in [5, 5.41) is 9.92. The Balaban J connectivity index is 1.85. The van der Waals surface area contributed by atoms with Gasteiger partial charge in [-0.05, 0) is 25.0 Å². The van der Waals surface area contributed by atoms with Crippen LogP contribution in [0.15, 0.2) is 34.7 Å². The Morgan fingerprint density at radius 3 is 2.71 bits per heavy atom. The number of rotatable bonds is 5. The van der Waals surface area contributed by atoms with Gasteiger partial charge in [-0.3, -0.25) is 9.59 Å². The van der Waals surface area contributed by atoms with Gasteiger partial charge in [-0.25, -0.2) is 0 Å². The predicted molar refractivity (Wildman–Crippen MR) is 77.1 cm³/mol. The normalized spacial score (nSPS) is 15.9. The molecular weight excluding hydrogens is 270 g/mol. The van der Waals surface area contributed by atoms with Crippen LogP contribution < -0.4 is 0 Å². The van der Waals surface area contributed by atoms with Gasteiger partial charge in [0, 0.05) is 18.0 Å². The number of benzene rings is 1. The van der Waals surface area contributed by atoms with Crippen molar-refractivity contribution in [3.05, 3.63) is 36.1 Å². The van der Waals surface area contributed by atoms with Gasteiger partial charge < -0.3 is 14.4 Å². The summed E-state index contributed by atoms with van der Waals surface area (Å²) < 4.78 is 5.59. The number of fused-ring (bicyclic) bond motifs is 1. The molecule has 1 saturated carbocycles. The molecule has 1 aliphatic rings. The third-order valence-corrected chi connectivity index (χ3v) is 3.78. The molecule has 1 N–H and O–H groups in total. The number of aliphatic carboxylic acids is 1. The molecule has 5 heteroatoms. The lowest BCUT2D eigenvalue weighted by molar-refractivity contribution is -0.141. The summed E-state index contributed by atoms with van der Waals surface area (Å²) in [7, 11) is 0. The summed E-state index contributed by atoms with van der Waals surface area (Å²) in [4.78, 5) is 25.2. The first-order valence-electron chi connectivity index (χ1n) is 7.08. The summed E-state index contributed by atoms with van der Waals surface area (Å²) in [5.74, 6) is -1.42. The number of carboxylic acid groups (broad SMARTS) is 1. The van der Waals surface area contributed by atoms with E-state index < -0.39 is 11.9 Å². The van der Waals surface area contributed by atoms with Gasteiger partial charge in [-0.2, -0.15) is 0 Å². The van der Waals surface area contributed by atoms with Gasteiger partial charge >= 0.3 is 5.97 Å². The fraction of sp³-hybridized carbons (Fsp3) is 0.375. The number of amides is 1. The van der Waals surface area contributed by atoms with Crippen LogP contribution in [0.25, 0.3) is 11.0 Å². The molecule has 1 aliphatic carbocycles. The highest BCUT2D eigenvalue weighted by molar-refractivity contribution is 5.96. The molecule has 110 valence electrons. The second kappa shape index (κ2) is 5.24. The van der Waals surface area contributed by atoms with Gasteiger partial charge in [0.2, 0.25) is 0 Å². The SMILES string of the molecule is CC(CN(C(=O)c1cc2ccccc2o1)C1CC1)C(=O)O. The highest BCUT2D eigenvalue weighted by Crippen LogP contribution is 2.30. The van der Waals surface area contributed by atoms with Crippen molar-refractivity contribution in [2.45, 2.75) is 25.8 Å². The Labute approximate surface area is 122 Å². The first kappa shape index (κ1) is 13.7. The Bertz CT molecular complexity index is 653. The summed E-state index contributed by atoms with van der Waals surface area (Å²) in [6, 6.07) is 9.30. The Morgan fingerprint density at radius 2 is 2.10 bits per heavy atom. The highest BCUT2D eigenvalue weighted by Gasteiger charge is 2.36. The average molecular weight is 287 g/mol. The minimum Gasteiger partial charge on any atom is -0.481 e. The first-order chi connectivity index (χ1) is 10.1. The maximum atomic E-state index is 12.6. The fourth-order valence-corrected chi connectivity index (χ4v) is 2.39. The van der Waals surface area contributed by atoms with Crippen molar-refractivity contribution >= 4 is 22.8 Å². The standard InChI is InChI=1S/C16H17NO4/c1-10(16(19)20)9-17(12-6-7-12)15(18)14-8-11-4-2-3-5-13(11)21-14/h2-5,8,10,12H,6-7,9H2,1H3,(H,19,20).